The number of nitrogens with zero attached hydrogens (tertiary/aromatic N) is 4. The minimum Gasteiger partial charge on any atom is -0.345 e. The van der Waals surface area contributed by atoms with E-state index in [0.717, 1.165) is 23.6 Å². The first kappa shape index (κ1) is 18.7. The third kappa shape index (κ3) is 3.80. The summed E-state index contributed by atoms with van der Waals surface area (Å²) < 4.78 is 16.3. The van der Waals surface area contributed by atoms with Gasteiger partial charge in [0.05, 0.1) is 5.56 Å². The Morgan fingerprint density at radius 2 is 1.86 bits per heavy atom. The van der Waals surface area contributed by atoms with E-state index in [2.05, 4.69) is 14.8 Å². The van der Waals surface area contributed by atoms with Gasteiger partial charge in [-0.15, -0.1) is 10.2 Å². The maximum Gasteiger partial charge on any atom is 0.253 e. The third-order valence-corrected chi connectivity index (χ3v) is 5.68. The molecule has 1 aromatic heterocycles. The molecule has 0 spiro atoms. The summed E-state index contributed by atoms with van der Waals surface area (Å²) in [6.07, 6.45) is 2.13. The Hall–Kier alpha value is -2.67. The molecular formula is C21H21FN4OS. The summed E-state index contributed by atoms with van der Waals surface area (Å²) in [5.74, 6) is 1.00. The molecule has 0 radical (unpaired) electrons. The third-order valence-electron chi connectivity index (χ3n) is 4.67. The average molecular weight is 396 g/mol. The first-order valence-corrected chi connectivity index (χ1v) is 10.2. The Morgan fingerprint density at radius 3 is 2.50 bits per heavy atom. The molecule has 4 rings (SSSR count). The predicted molar refractivity (Wildman–Crippen MR) is 108 cm³/mol. The zero-order valence-electron chi connectivity index (χ0n) is 15.8. The van der Waals surface area contributed by atoms with Crippen LogP contribution in [-0.2, 0) is 5.75 Å². The van der Waals surface area contributed by atoms with Crippen LogP contribution in [0.15, 0.2) is 53.7 Å². The molecule has 0 N–H and O–H groups in total. The van der Waals surface area contributed by atoms with E-state index in [-0.39, 0.29) is 11.7 Å². The van der Waals surface area contributed by atoms with Gasteiger partial charge in [0, 0.05) is 31.5 Å². The normalized spacial score (nSPS) is 13.5. The molecule has 0 atom stereocenters. The van der Waals surface area contributed by atoms with Crippen molar-refractivity contribution in [3.8, 4) is 11.4 Å². The van der Waals surface area contributed by atoms with Gasteiger partial charge in [-0.2, -0.15) is 0 Å². The molecule has 0 aliphatic heterocycles. The molecule has 28 heavy (non-hydrogen) atoms. The number of hydrogen-bond acceptors (Lipinski definition) is 4. The van der Waals surface area contributed by atoms with Crippen molar-refractivity contribution in [3.63, 3.8) is 0 Å². The smallest absolute Gasteiger partial charge is 0.253 e. The number of benzene rings is 2. The first-order chi connectivity index (χ1) is 13.5. The Kier molecular flexibility index (Phi) is 5.17. The second-order valence-electron chi connectivity index (χ2n) is 7.07. The van der Waals surface area contributed by atoms with Crippen LogP contribution in [-0.4, -0.2) is 39.7 Å². The highest BCUT2D eigenvalue weighted by molar-refractivity contribution is 7.98. The Morgan fingerprint density at radius 1 is 1.14 bits per heavy atom. The van der Waals surface area contributed by atoms with Gasteiger partial charge < -0.3 is 4.90 Å². The van der Waals surface area contributed by atoms with Crippen LogP contribution in [0, 0.1) is 5.82 Å². The van der Waals surface area contributed by atoms with Crippen LogP contribution in [0.4, 0.5) is 4.39 Å². The van der Waals surface area contributed by atoms with Gasteiger partial charge in [-0.05, 0) is 42.7 Å². The molecule has 0 bridgehead atoms. The molecule has 0 unspecified atom stereocenters. The number of amides is 1. The monoisotopic (exact) mass is 396 g/mol. The summed E-state index contributed by atoms with van der Waals surface area (Å²) in [6.45, 7) is 0. The van der Waals surface area contributed by atoms with E-state index in [1.54, 1.807) is 42.9 Å². The molecule has 1 saturated carbocycles. The lowest BCUT2D eigenvalue weighted by Gasteiger charge is -2.11. The molecule has 2 aromatic carbocycles. The highest BCUT2D eigenvalue weighted by Crippen LogP contribution is 2.41. The Labute approximate surface area is 167 Å². The maximum absolute atomic E-state index is 14.2. The van der Waals surface area contributed by atoms with Crippen LogP contribution in [0.1, 0.15) is 34.8 Å². The van der Waals surface area contributed by atoms with Gasteiger partial charge in [-0.1, -0.05) is 36.0 Å². The van der Waals surface area contributed by atoms with E-state index in [1.807, 2.05) is 30.3 Å². The van der Waals surface area contributed by atoms with Crippen molar-refractivity contribution >= 4 is 17.7 Å². The van der Waals surface area contributed by atoms with E-state index in [0.29, 0.717) is 28.7 Å². The lowest BCUT2D eigenvalue weighted by molar-refractivity contribution is 0.0827. The quantitative estimate of drug-likeness (QED) is 0.579. The minimum absolute atomic E-state index is 0.0118. The van der Waals surface area contributed by atoms with Crippen molar-refractivity contribution in [2.24, 2.45) is 0 Å². The van der Waals surface area contributed by atoms with Crippen molar-refractivity contribution in [2.45, 2.75) is 29.8 Å². The second-order valence-corrected chi connectivity index (χ2v) is 8.01. The summed E-state index contributed by atoms with van der Waals surface area (Å²) in [6, 6.07) is 14.6. The van der Waals surface area contributed by atoms with Crippen molar-refractivity contribution in [2.75, 3.05) is 14.1 Å². The molecule has 1 amide bonds. The SMILES string of the molecule is CN(C)C(=O)c1ccc(CSc2nnc(-c3ccccc3F)n2C2CC2)cc1. The van der Waals surface area contributed by atoms with E-state index < -0.39 is 0 Å². The fraction of sp³-hybridized carbons (Fsp3) is 0.286. The van der Waals surface area contributed by atoms with Gasteiger partial charge in [-0.3, -0.25) is 9.36 Å². The number of carbonyl (C=O) groups is 1. The van der Waals surface area contributed by atoms with Gasteiger partial charge >= 0.3 is 0 Å². The van der Waals surface area contributed by atoms with Gasteiger partial charge in [-0.25, -0.2) is 4.39 Å². The standard InChI is InChI=1S/C21H21FN4OS/c1-25(2)20(27)15-9-7-14(8-10-15)13-28-21-24-23-19(26(21)16-11-12-16)17-5-3-4-6-18(17)22/h3-10,16H,11-13H2,1-2H3. The highest BCUT2D eigenvalue weighted by atomic mass is 32.2. The van der Waals surface area contributed by atoms with Crippen LogP contribution in [0.25, 0.3) is 11.4 Å². The molecule has 5 nitrogen and oxygen atoms in total. The van der Waals surface area contributed by atoms with Crippen molar-refractivity contribution in [3.05, 3.63) is 65.5 Å². The molecule has 144 valence electrons. The fourth-order valence-corrected chi connectivity index (χ4v) is 3.97. The van der Waals surface area contributed by atoms with Gasteiger partial charge in [0.25, 0.3) is 5.91 Å². The second kappa shape index (κ2) is 7.75. The predicted octanol–water partition coefficient (Wildman–Crippen LogP) is 4.41. The van der Waals surface area contributed by atoms with E-state index in [1.165, 1.54) is 6.07 Å². The summed E-state index contributed by atoms with van der Waals surface area (Å²) in [7, 11) is 3.48. The molecular weight excluding hydrogens is 375 g/mol. The lowest BCUT2D eigenvalue weighted by Crippen LogP contribution is -2.21. The van der Waals surface area contributed by atoms with Gasteiger partial charge in [0.2, 0.25) is 0 Å². The number of halogens is 1. The fourth-order valence-electron chi connectivity index (χ4n) is 3.01. The molecule has 7 heteroatoms. The largest absolute Gasteiger partial charge is 0.345 e. The van der Waals surface area contributed by atoms with Crippen molar-refractivity contribution in [1.82, 2.24) is 19.7 Å². The van der Waals surface area contributed by atoms with Crippen LogP contribution in [0.2, 0.25) is 0 Å². The zero-order chi connectivity index (χ0) is 19.7. The summed E-state index contributed by atoms with van der Waals surface area (Å²) in [5.41, 5.74) is 2.25. The average Bonchev–Trinajstić information content (AvgIpc) is 3.46. The topological polar surface area (TPSA) is 51.0 Å². The van der Waals surface area contributed by atoms with Crippen LogP contribution in [0.5, 0.6) is 0 Å². The number of rotatable bonds is 6. The summed E-state index contributed by atoms with van der Waals surface area (Å²) >= 11 is 1.58. The molecule has 1 aliphatic carbocycles. The van der Waals surface area contributed by atoms with Crippen molar-refractivity contribution in [1.29, 1.82) is 0 Å². The summed E-state index contributed by atoms with van der Waals surface area (Å²) in [5, 5.41) is 9.41. The molecule has 1 heterocycles. The number of aromatic nitrogens is 3. The molecule has 0 saturated heterocycles. The van der Waals surface area contributed by atoms with Gasteiger partial charge in [0.15, 0.2) is 11.0 Å². The lowest BCUT2D eigenvalue weighted by atomic mass is 10.1. The molecule has 3 aromatic rings. The van der Waals surface area contributed by atoms with Crippen molar-refractivity contribution < 1.29 is 9.18 Å². The van der Waals surface area contributed by atoms with E-state index in [4.69, 9.17) is 0 Å². The number of hydrogen-bond donors (Lipinski definition) is 0. The Balaban J connectivity index is 1.53. The minimum atomic E-state index is -0.283. The summed E-state index contributed by atoms with van der Waals surface area (Å²) in [4.78, 5) is 13.6. The molecule has 1 fully saturated rings. The van der Waals surface area contributed by atoms with Crippen LogP contribution >= 0.6 is 11.8 Å². The molecule has 1 aliphatic rings. The highest BCUT2D eigenvalue weighted by Gasteiger charge is 2.30. The number of thioether (sulfide) groups is 1. The maximum atomic E-state index is 14.2. The first-order valence-electron chi connectivity index (χ1n) is 9.18. The van der Waals surface area contributed by atoms with Crippen LogP contribution in [0.3, 0.4) is 0 Å². The van der Waals surface area contributed by atoms with E-state index >= 15 is 0 Å². The zero-order valence-corrected chi connectivity index (χ0v) is 16.6. The number of carbonyl (C=O) groups excluding carboxylic acids is 1. The van der Waals surface area contributed by atoms with E-state index in [9.17, 15) is 9.18 Å². The van der Waals surface area contributed by atoms with Crippen LogP contribution < -0.4 is 0 Å². The van der Waals surface area contributed by atoms with Gasteiger partial charge in [0.1, 0.15) is 5.82 Å². The Bertz CT molecular complexity index is 996.